The maximum absolute atomic E-state index is 12.1. The smallest absolute Gasteiger partial charge is 0.255 e. The molecule has 0 unspecified atom stereocenters. The topological polar surface area (TPSA) is 87.6 Å². The summed E-state index contributed by atoms with van der Waals surface area (Å²) in [6, 6.07) is 12.8. The average molecular weight is 414 g/mol. The van der Waals surface area contributed by atoms with Gasteiger partial charge in [-0.2, -0.15) is 5.10 Å². The minimum absolute atomic E-state index is 0.0846. The second-order valence-electron chi connectivity index (χ2n) is 5.21. The lowest BCUT2D eigenvalue weighted by atomic mass is 10.1. The van der Waals surface area contributed by atoms with E-state index >= 15 is 0 Å². The van der Waals surface area contributed by atoms with Crippen LogP contribution in [0.4, 0.5) is 0 Å². The molecular formula is C17H17Cl2N3O3S. The molecule has 0 saturated heterocycles. The van der Waals surface area contributed by atoms with Crippen LogP contribution in [0, 0.1) is 0 Å². The summed E-state index contributed by atoms with van der Waals surface area (Å²) in [6.07, 6.45) is 0.536. The van der Waals surface area contributed by atoms with E-state index in [1.807, 2.05) is 6.92 Å². The molecule has 138 valence electrons. The van der Waals surface area contributed by atoms with Crippen molar-refractivity contribution < 1.29 is 13.2 Å². The number of rotatable bonds is 7. The Morgan fingerprint density at radius 2 is 1.77 bits per heavy atom. The van der Waals surface area contributed by atoms with Crippen LogP contribution in [0.5, 0.6) is 0 Å². The summed E-state index contributed by atoms with van der Waals surface area (Å²) in [6.45, 7) is 1.44. The lowest BCUT2D eigenvalue weighted by molar-refractivity contribution is -0.119. The van der Waals surface area contributed by atoms with Crippen molar-refractivity contribution in [2.45, 2.75) is 18.2 Å². The van der Waals surface area contributed by atoms with Gasteiger partial charge in [0.05, 0.1) is 27.2 Å². The Hall–Kier alpha value is -1.93. The summed E-state index contributed by atoms with van der Waals surface area (Å²) in [4.78, 5) is 12.0. The second-order valence-corrected chi connectivity index (χ2v) is 7.79. The number of nitrogens with zero attached hydrogens (tertiary/aromatic N) is 1. The zero-order valence-corrected chi connectivity index (χ0v) is 16.2. The van der Waals surface area contributed by atoms with Crippen LogP contribution in [0.25, 0.3) is 0 Å². The van der Waals surface area contributed by atoms with E-state index in [-0.39, 0.29) is 4.90 Å². The van der Waals surface area contributed by atoms with Gasteiger partial charge in [-0.05, 0) is 36.2 Å². The van der Waals surface area contributed by atoms with E-state index in [1.54, 1.807) is 36.4 Å². The van der Waals surface area contributed by atoms with Crippen LogP contribution in [0.3, 0.4) is 0 Å². The molecule has 2 aromatic rings. The summed E-state index contributed by atoms with van der Waals surface area (Å²) in [7, 11) is -3.75. The Labute approximate surface area is 162 Å². The molecule has 0 heterocycles. The van der Waals surface area contributed by atoms with E-state index in [9.17, 15) is 13.2 Å². The molecule has 26 heavy (non-hydrogen) atoms. The zero-order chi connectivity index (χ0) is 19.2. The molecule has 1 amide bonds. The van der Waals surface area contributed by atoms with Gasteiger partial charge < -0.3 is 0 Å². The standard InChI is InChI=1S/C17H17Cl2N3O3S/c1-2-16(12-8-9-14(18)15(19)10-12)21-22-17(23)11-20-26(24,25)13-6-4-3-5-7-13/h3-10,20H,2,11H2,1H3,(H,22,23)/b21-16-. The molecule has 0 bridgehead atoms. The molecule has 0 fully saturated rings. The molecule has 2 N–H and O–H groups in total. The quantitative estimate of drug-likeness (QED) is 0.539. The van der Waals surface area contributed by atoms with Gasteiger partial charge in [-0.1, -0.05) is 54.4 Å². The van der Waals surface area contributed by atoms with Crippen molar-refractivity contribution in [3.8, 4) is 0 Å². The molecule has 0 aromatic heterocycles. The molecule has 9 heteroatoms. The zero-order valence-electron chi connectivity index (χ0n) is 13.9. The first kappa shape index (κ1) is 20.4. The lowest BCUT2D eigenvalue weighted by Crippen LogP contribution is -2.35. The third kappa shape index (κ3) is 5.54. The van der Waals surface area contributed by atoms with Gasteiger partial charge in [-0.3, -0.25) is 4.79 Å². The summed E-state index contributed by atoms with van der Waals surface area (Å²) in [5, 5.41) is 4.84. The maximum atomic E-state index is 12.1. The van der Waals surface area contributed by atoms with Gasteiger partial charge in [0.25, 0.3) is 5.91 Å². The van der Waals surface area contributed by atoms with Gasteiger partial charge in [0.15, 0.2) is 0 Å². The predicted octanol–water partition coefficient (Wildman–Crippen LogP) is 3.20. The third-order valence-electron chi connectivity index (χ3n) is 3.38. The highest BCUT2D eigenvalue weighted by molar-refractivity contribution is 7.89. The fraction of sp³-hybridized carbons (Fsp3) is 0.176. The summed E-state index contributed by atoms with van der Waals surface area (Å²) in [5.74, 6) is -0.587. The van der Waals surface area contributed by atoms with Gasteiger partial charge in [0.1, 0.15) is 0 Å². The van der Waals surface area contributed by atoms with E-state index < -0.39 is 22.5 Å². The fourth-order valence-corrected chi connectivity index (χ4v) is 3.34. The number of amides is 1. The highest BCUT2D eigenvalue weighted by atomic mass is 35.5. The van der Waals surface area contributed by atoms with Gasteiger partial charge in [-0.25, -0.2) is 18.6 Å². The van der Waals surface area contributed by atoms with E-state index in [0.29, 0.717) is 27.7 Å². The first-order valence-electron chi connectivity index (χ1n) is 7.69. The van der Waals surface area contributed by atoms with Gasteiger partial charge in [0.2, 0.25) is 10.0 Å². The Morgan fingerprint density at radius 3 is 2.38 bits per heavy atom. The number of carbonyl (C=O) groups is 1. The molecule has 0 aliphatic rings. The van der Waals surface area contributed by atoms with Crippen LogP contribution in [0.15, 0.2) is 58.5 Å². The molecule has 0 radical (unpaired) electrons. The molecule has 0 saturated carbocycles. The first-order chi connectivity index (χ1) is 12.3. The van der Waals surface area contributed by atoms with Crippen LogP contribution < -0.4 is 10.1 Å². The van der Waals surface area contributed by atoms with Crippen LogP contribution in [-0.4, -0.2) is 26.6 Å². The van der Waals surface area contributed by atoms with Crippen LogP contribution in [0.2, 0.25) is 10.0 Å². The monoisotopic (exact) mass is 413 g/mol. The summed E-state index contributed by atoms with van der Waals surface area (Å²) < 4.78 is 26.4. The number of hydrogen-bond donors (Lipinski definition) is 2. The fourth-order valence-electron chi connectivity index (χ4n) is 2.04. The Kier molecular flexibility index (Phi) is 7.16. The normalized spacial score (nSPS) is 12.0. The largest absolute Gasteiger partial charge is 0.272 e. The maximum Gasteiger partial charge on any atom is 0.255 e. The number of halogens is 2. The molecule has 0 aliphatic carbocycles. The number of hydrogen-bond acceptors (Lipinski definition) is 4. The molecule has 6 nitrogen and oxygen atoms in total. The minimum Gasteiger partial charge on any atom is -0.272 e. The van der Waals surface area contributed by atoms with E-state index in [0.717, 1.165) is 0 Å². The highest BCUT2D eigenvalue weighted by Gasteiger charge is 2.14. The average Bonchev–Trinajstić information content (AvgIpc) is 2.64. The Morgan fingerprint density at radius 1 is 1.08 bits per heavy atom. The molecular weight excluding hydrogens is 397 g/mol. The molecule has 2 rings (SSSR count). The molecule has 0 atom stereocenters. The number of nitrogens with one attached hydrogen (secondary N) is 2. The first-order valence-corrected chi connectivity index (χ1v) is 9.93. The summed E-state index contributed by atoms with van der Waals surface area (Å²) in [5.41, 5.74) is 3.64. The number of sulfonamides is 1. The predicted molar refractivity (Wildman–Crippen MR) is 103 cm³/mol. The lowest BCUT2D eigenvalue weighted by Gasteiger charge is -2.08. The van der Waals surface area contributed by atoms with Crippen molar-refractivity contribution in [1.82, 2.24) is 10.1 Å². The van der Waals surface area contributed by atoms with Crippen molar-refractivity contribution >= 4 is 44.8 Å². The minimum atomic E-state index is -3.75. The molecule has 0 aliphatic heterocycles. The van der Waals surface area contributed by atoms with E-state index in [2.05, 4.69) is 15.2 Å². The molecule has 2 aromatic carbocycles. The molecule has 0 spiro atoms. The number of benzene rings is 2. The van der Waals surface area contributed by atoms with Crippen LogP contribution in [0.1, 0.15) is 18.9 Å². The van der Waals surface area contributed by atoms with Crippen molar-refractivity contribution in [3.63, 3.8) is 0 Å². The van der Waals surface area contributed by atoms with Crippen molar-refractivity contribution in [1.29, 1.82) is 0 Å². The van der Waals surface area contributed by atoms with Crippen LogP contribution >= 0.6 is 23.2 Å². The highest BCUT2D eigenvalue weighted by Crippen LogP contribution is 2.23. The van der Waals surface area contributed by atoms with Gasteiger partial charge >= 0.3 is 0 Å². The van der Waals surface area contributed by atoms with Gasteiger partial charge in [-0.15, -0.1) is 0 Å². The Bertz CT molecular complexity index is 916. The number of hydrazone groups is 1. The van der Waals surface area contributed by atoms with E-state index in [1.165, 1.54) is 12.1 Å². The van der Waals surface area contributed by atoms with Crippen LogP contribution in [-0.2, 0) is 14.8 Å². The number of carbonyl (C=O) groups excluding carboxylic acids is 1. The van der Waals surface area contributed by atoms with Crippen molar-refractivity contribution in [3.05, 3.63) is 64.1 Å². The van der Waals surface area contributed by atoms with E-state index in [4.69, 9.17) is 23.2 Å². The Balaban J connectivity index is 2.00. The summed E-state index contributed by atoms with van der Waals surface area (Å²) >= 11 is 11.9. The van der Waals surface area contributed by atoms with Crippen molar-refractivity contribution in [2.24, 2.45) is 5.10 Å². The third-order valence-corrected chi connectivity index (χ3v) is 5.54. The second kappa shape index (κ2) is 9.14. The van der Waals surface area contributed by atoms with Crippen molar-refractivity contribution in [2.75, 3.05) is 6.54 Å². The SMILES string of the molecule is CC/C(=N/NC(=O)CNS(=O)(=O)c1ccccc1)c1ccc(Cl)c(Cl)c1. The van der Waals surface area contributed by atoms with Gasteiger partial charge in [0, 0.05) is 0 Å².